The number of benzene rings is 1. The molecular formula is C21H25N3O7. The molecule has 1 aliphatic carbocycles. The number of hydrogen-bond donors (Lipinski definition) is 5. The summed E-state index contributed by atoms with van der Waals surface area (Å²) in [5, 5.41) is 29.3. The number of carbonyl (C=O) groups excluding carboxylic acids is 1. The Morgan fingerprint density at radius 3 is 2.58 bits per heavy atom. The lowest BCUT2D eigenvalue weighted by Gasteiger charge is -2.15. The van der Waals surface area contributed by atoms with Gasteiger partial charge in [-0.1, -0.05) is 0 Å². The highest BCUT2D eigenvalue weighted by molar-refractivity contribution is 5.96. The summed E-state index contributed by atoms with van der Waals surface area (Å²) in [6.07, 6.45) is -0.658. The number of H-pyrrole nitrogens is 1. The molecule has 2 atom stereocenters. The van der Waals surface area contributed by atoms with Gasteiger partial charge in [-0.15, -0.1) is 0 Å². The van der Waals surface area contributed by atoms with Gasteiger partial charge in [-0.25, -0.2) is 9.78 Å². The van der Waals surface area contributed by atoms with Crippen LogP contribution in [0.3, 0.4) is 0 Å². The number of aromatic amines is 1. The molecular weight excluding hydrogens is 406 g/mol. The topological polar surface area (TPSA) is 162 Å². The van der Waals surface area contributed by atoms with Gasteiger partial charge in [0.15, 0.2) is 6.29 Å². The van der Waals surface area contributed by atoms with E-state index in [0.29, 0.717) is 36.6 Å². The van der Waals surface area contributed by atoms with Gasteiger partial charge in [0.2, 0.25) is 0 Å². The fourth-order valence-electron chi connectivity index (χ4n) is 3.53. The van der Waals surface area contributed by atoms with Crippen LogP contribution in [-0.2, 0) is 17.6 Å². The first-order valence-electron chi connectivity index (χ1n) is 9.94. The van der Waals surface area contributed by atoms with E-state index >= 15 is 0 Å². The number of carboxylic acid groups (broad SMARTS) is 1. The Hall–Kier alpha value is -3.24. The third-order valence-corrected chi connectivity index (χ3v) is 5.11. The molecule has 0 radical (unpaired) electrons. The number of aliphatic carboxylic acids is 1. The number of aromatic nitrogens is 2. The maximum absolute atomic E-state index is 12.3. The fraction of sp³-hybridized carbons (Fsp3) is 0.429. The molecule has 0 bridgehead atoms. The minimum atomic E-state index is -1.64. The number of amides is 1. The second kappa shape index (κ2) is 9.71. The molecule has 10 nitrogen and oxygen atoms in total. The third-order valence-electron chi connectivity index (χ3n) is 5.11. The number of rotatable bonds is 9. The van der Waals surface area contributed by atoms with Crippen molar-refractivity contribution >= 4 is 11.9 Å². The van der Waals surface area contributed by atoms with Gasteiger partial charge < -0.3 is 30.4 Å². The molecule has 0 saturated heterocycles. The van der Waals surface area contributed by atoms with Gasteiger partial charge in [-0.2, -0.15) is 0 Å². The standard InChI is InChI=1S/C21H25N3O7/c1-11-22-17-9-12(8-15(17)20(28)23-11)10-31-14-4-2-13(3-5-14)19(27)24-16(21(29)30)6-7-18(25)26/h2-5,12,16,18,25-26H,6-10H2,1H3,(H,24,27)(H,29,30)(H,22,23,28)/t12?,16-/m0/s1. The van der Waals surface area contributed by atoms with Crippen LogP contribution in [-0.4, -0.2) is 56.1 Å². The summed E-state index contributed by atoms with van der Waals surface area (Å²) in [6, 6.07) is 5.03. The Morgan fingerprint density at radius 2 is 1.94 bits per heavy atom. The van der Waals surface area contributed by atoms with Crippen LogP contribution in [0.4, 0.5) is 0 Å². The first kappa shape index (κ1) is 22.4. The van der Waals surface area contributed by atoms with Crippen molar-refractivity contribution in [3.63, 3.8) is 0 Å². The summed E-state index contributed by atoms with van der Waals surface area (Å²) < 4.78 is 5.79. The number of aryl methyl sites for hydroxylation is 1. The predicted octanol–water partition coefficient (Wildman–Crippen LogP) is 0.146. The first-order chi connectivity index (χ1) is 14.7. The summed E-state index contributed by atoms with van der Waals surface area (Å²) in [5.74, 6) is -0.569. The molecule has 1 heterocycles. The van der Waals surface area contributed by atoms with Crippen LogP contribution in [0, 0.1) is 12.8 Å². The van der Waals surface area contributed by atoms with Crippen LogP contribution in [0.2, 0.25) is 0 Å². The summed E-state index contributed by atoms with van der Waals surface area (Å²) in [5.41, 5.74) is 1.66. The number of aliphatic hydroxyl groups excluding tert-OH is 1. The number of fused-ring (bicyclic) bond motifs is 1. The van der Waals surface area contributed by atoms with Crippen molar-refractivity contribution in [2.75, 3.05) is 6.61 Å². The normalized spacial score (nSPS) is 16.1. The summed E-state index contributed by atoms with van der Waals surface area (Å²) >= 11 is 0. The Morgan fingerprint density at radius 1 is 1.23 bits per heavy atom. The lowest BCUT2D eigenvalue weighted by molar-refractivity contribution is -0.139. The molecule has 31 heavy (non-hydrogen) atoms. The minimum absolute atomic E-state index is 0.103. The number of hydrogen-bond acceptors (Lipinski definition) is 7. The van der Waals surface area contributed by atoms with E-state index in [2.05, 4.69) is 15.3 Å². The number of nitrogens with one attached hydrogen (secondary N) is 2. The van der Waals surface area contributed by atoms with Gasteiger partial charge in [-0.05, 0) is 50.5 Å². The van der Waals surface area contributed by atoms with Gasteiger partial charge in [0.05, 0.1) is 12.3 Å². The molecule has 1 aromatic heterocycles. The average Bonchev–Trinajstić information content (AvgIpc) is 3.12. The van der Waals surface area contributed by atoms with Crippen molar-refractivity contribution in [1.82, 2.24) is 15.3 Å². The van der Waals surface area contributed by atoms with Gasteiger partial charge in [0.1, 0.15) is 17.6 Å². The van der Waals surface area contributed by atoms with E-state index in [1.54, 1.807) is 19.1 Å². The smallest absolute Gasteiger partial charge is 0.326 e. The van der Waals surface area contributed by atoms with E-state index < -0.39 is 24.2 Å². The molecule has 3 rings (SSSR count). The molecule has 166 valence electrons. The quantitative estimate of drug-likeness (QED) is 0.350. The van der Waals surface area contributed by atoms with E-state index in [1.165, 1.54) is 12.1 Å². The van der Waals surface area contributed by atoms with Crippen LogP contribution < -0.4 is 15.6 Å². The Bertz CT molecular complexity index is 1000. The van der Waals surface area contributed by atoms with Crippen molar-refractivity contribution in [2.24, 2.45) is 5.92 Å². The zero-order valence-corrected chi connectivity index (χ0v) is 17.0. The van der Waals surface area contributed by atoms with Crippen molar-refractivity contribution in [3.8, 4) is 5.75 Å². The highest BCUT2D eigenvalue weighted by Gasteiger charge is 2.26. The minimum Gasteiger partial charge on any atom is -0.493 e. The molecule has 10 heteroatoms. The van der Waals surface area contributed by atoms with Crippen LogP contribution in [0.1, 0.15) is 40.3 Å². The summed E-state index contributed by atoms with van der Waals surface area (Å²) in [4.78, 5) is 42.6. The highest BCUT2D eigenvalue weighted by Crippen LogP contribution is 2.24. The van der Waals surface area contributed by atoms with Crippen molar-refractivity contribution < 1.29 is 29.6 Å². The molecule has 1 unspecified atom stereocenters. The van der Waals surface area contributed by atoms with Crippen LogP contribution >= 0.6 is 0 Å². The van der Waals surface area contributed by atoms with Gasteiger partial charge in [0, 0.05) is 23.5 Å². The first-order valence-corrected chi connectivity index (χ1v) is 9.94. The van der Waals surface area contributed by atoms with E-state index in [1.807, 2.05) is 0 Å². The van der Waals surface area contributed by atoms with Crippen molar-refractivity contribution in [1.29, 1.82) is 0 Å². The molecule has 1 aromatic carbocycles. The average molecular weight is 431 g/mol. The lowest BCUT2D eigenvalue weighted by Crippen LogP contribution is -2.41. The van der Waals surface area contributed by atoms with Gasteiger partial charge in [0.25, 0.3) is 11.5 Å². The number of carboxylic acids is 1. The molecule has 0 spiro atoms. The SMILES string of the molecule is Cc1nc2c(c(=O)[nH]1)CC(COc1ccc(C(=O)N[C@@H](CCC(O)O)C(=O)O)cc1)C2. The monoisotopic (exact) mass is 431 g/mol. The van der Waals surface area contributed by atoms with E-state index in [9.17, 15) is 19.5 Å². The fourth-order valence-corrected chi connectivity index (χ4v) is 3.53. The second-order valence-corrected chi connectivity index (χ2v) is 7.61. The third kappa shape index (κ3) is 5.89. The van der Waals surface area contributed by atoms with Crippen molar-refractivity contribution in [3.05, 3.63) is 57.3 Å². The lowest BCUT2D eigenvalue weighted by atomic mass is 10.1. The van der Waals surface area contributed by atoms with Crippen LogP contribution in [0.15, 0.2) is 29.1 Å². The number of carbonyl (C=O) groups is 2. The Labute approximate surface area is 177 Å². The van der Waals surface area contributed by atoms with Crippen LogP contribution in [0.5, 0.6) is 5.75 Å². The highest BCUT2D eigenvalue weighted by atomic mass is 16.5. The zero-order chi connectivity index (χ0) is 22.5. The maximum atomic E-state index is 12.3. The predicted molar refractivity (Wildman–Crippen MR) is 109 cm³/mol. The largest absolute Gasteiger partial charge is 0.493 e. The maximum Gasteiger partial charge on any atom is 0.326 e. The van der Waals surface area contributed by atoms with Gasteiger partial charge >= 0.3 is 5.97 Å². The van der Waals surface area contributed by atoms with E-state index in [-0.39, 0.29) is 29.9 Å². The Kier molecular flexibility index (Phi) is 7.03. The van der Waals surface area contributed by atoms with E-state index in [0.717, 1.165) is 5.69 Å². The molecule has 5 N–H and O–H groups in total. The number of aliphatic hydroxyl groups is 2. The van der Waals surface area contributed by atoms with Crippen LogP contribution in [0.25, 0.3) is 0 Å². The molecule has 0 saturated carbocycles. The zero-order valence-electron chi connectivity index (χ0n) is 17.0. The molecule has 0 fully saturated rings. The molecule has 1 aliphatic rings. The molecule has 2 aromatic rings. The van der Waals surface area contributed by atoms with E-state index in [4.69, 9.17) is 14.9 Å². The summed E-state index contributed by atoms with van der Waals surface area (Å²) in [7, 11) is 0. The number of nitrogens with zero attached hydrogens (tertiary/aromatic N) is 1. The summed E-state index contributed by atoms with van der Waals surface area (Å²) in [6.45, 7) is 2.14. The number of ether oxygens (including phenoxy) is 1. The van der Waals surface area contributed by atoms with Crippen molar-refractivity contribution in [2.45, 2.75) is 44.9 Å². The second-order valence-electron chi connectivity index (χ2n) is 7.61. The molecule has 1 amide bonds. The van der Waals surface area contributed by atoms with Gasteiger partial charge in [-0.3, -0.25) is 9.59 Å². The molecule has 0 aliphatic heterocycles. The Balaban J connectivity index is 1.53.